The summed E-state index contributed by atoms with van der Waals surface area (Å²) in [5, 5.41) is 4.58. The Morgan fingerprint density at radius 3 is 2.54 bits per heavy atom. The highest BCUT2D eigenvalue weighted by Crippen LogP contribution is 2.36. The Morgan fingerprint density at radius 1 is 1.00 bits per heavy atom. The summed E-state index contributed by atoms with van der Waals surface area (Å²) in [4.78, 5) is 39.6. The lowest BCUT2D eigenvalue weighted by atomic mass is 9.93. The Labute approximate surface area is 223 Å². The van der Waals surface area contributed by atoms with Crippen molar-refractivity contribution in [2.45, 2.75) is 44.8 Å². The maximum atomic E-state index is 13.3. The van der Waals surface area contributed by atoms with Crippen LogP contribution in [0, 0.1) is 0 Å². The number of rotatable bonds is 6. The van der Waals surface area contributed by atoms with Gasteiger partial charge in [0.25, 0.3) is 11.8 Å². The van der Waals surface area contributed by atoms with Gasteiger partial charge in [-0.2, -0.15) is 0 Å². The van der Waals surface area contributed by atoms with Crippen LogP contribution in [0.3, 0.4) is 0 Å². The first-order valence-electron chi connectivity index (χ1n) is 12.3. The lowest BCUT2D eigenvalue weighted by Gasteiger charge is -2.35. The van der Waals surface area contributed by atoms with Gasteiger partial charge in [0.2, 0.25) is 0 Å². The first-order chi connectivity index (χ1) is 18.0. The van der Waals surface area contributed by atoms with Crippen molar-refractivity contribution in [3.63, 3.8) is 0 Å². The Hall–Kier alpha value is -3.65. The summed E-state index contributed by atoms with van der Waals surface area (Å²) in [6, 6.07) is 16.8. The molecular formula is C29H27BrN2O5. The fourth-order valence-corrected chi connectivity index (χ4v) is 5.44. The van der Waals surface area contributed by atoms with E-state index in [2.05, 4.69) is 39.4 Å². The van der Waals surface area contributed by atoms with Crippen LogP contribution in [0.1, 0.15) is 43.2 Å². The van der Waals surface area contributed by atoms with Gasteiger partial charge in [-0.3, -0.25) is 19.8 Å². The van der Waals surface area contributed by atoms with E-state index in [1.54, 1.807) is 12.1 Å². The summed E-state index contributed by atoms with van der Waals surface area (Å²) in [5.41, 5.74) is 1.52. The highest BCUT2D eigenvalue weighted by molar-refractivity contribution is 9.10. The smallest absolute Gasteiger partial charge is 0.331 e. The molecule has 1 aliphatic heterocycles. The van der Waals surface area contributed by atoms with E-state index in [4.69, 9.17) is 9.47 Å². The number of carbonyl (C=O) groups is 3. The number of carbonyl (C=O) groups excluding carboxylic acids is 3. The molecule has 0 bridgehead atoms. The summed E-state index contributed by atoms with van der Waals surface area (Å²) in [7, 11) is 1.53. The molecule has 4 amide bonds. The fourth-order valence-electron chi connectivity index (χ4n) is 5.01. The van der Waals surface area contributed by atoms with E-state index in [-0.39, 0.29) is 11.6 Å². The molecule has 8 heteroatoms. The topological polar surface area (TPSA) is 84.9 Å². The van der Waals surface area contributed by atoms with Crippen LogP contribution in [-0.4, -0.2) is 35.9 Å². The molecule has 1 heterocycles. The van der Waals surface area contributed by atoms with Crippen LogP contribution < -0.4 is 14.8 Å². The molecule has 7 nitrogen and oxygen atoms in total. The van der Waals surface area contributed by atoms with E-state index >= 15 is 0 Å². The van der Waals surface area contributed by atoms with E-state index in [0.717, 1.165) is 48.4 Å². The zero-order valence-electron chi connectivity index (χ0n) is 20.5. The minimum Gasteiger partial charge on any atom is -0.493 e. The van der Waals surface area contributed by atoms with E-state index in [1.165, 1.54) is 18.1 Å². The van der Waals surface area contributed by atoms with Crippen molar-refractivity contribution in [1.82, 2.24) is 10.2 Å². The van der Waals surface area contributed by atoms with Crippen molar-refractivity contribution in [2.75, 3.05) is 7.11 Å². The number of hydrogen-bond acceptors (Lipinski definition) is 5. The predicted octanol–water partition coefficient (Wildman–Crippen LogP) is 5.98. The Bertz CT molecular complexity index is 1410. The largest absolute Gasteiger partial charge is 0.493 e. The lowest BCUT2D eigenvalue weighted by molar-refractivity contribution is -0.132. The van der Waals surface area contributed by atoms with E-state index in [1.807, 2.05) is 24.3 Å². The molecule has 3 aromatic carbocycles. The van der Waals surface area contributed by atoms with Crippen molar-refractivity contribution in [1.29, 1.82) is 0 Å². The number of nitrogens with one attached hydrogen (secondary N) is 1. The number of amides is 4. The number of halogens is 1. The average molecular weight is 563 g/mol. The van der Waals surface area contributed by atoms with Gasteiger partial charge in [-0.05, 0) is 52.9 Å². The molecule has 1 saturated heterocycles. The molecule has 1 saturated carbocycles. The minimum absolute atomic E-state index is 0.0858. The number of benzene rings is 3. The van der Waals surface area contributed by atoms with E-state index < -0.39 is 17.8 Å². The second-order valence-electron chi connectivity index (χ2n) is 9.24. The second kappa shape index (κ2) is 10.8. The van der Waals surface area contributed by atoms with Crippen LogP contribution in [0.2, 0.25) is 0 Å². The number of ether oxygens (including phenoxy) is 2. The first kappa shape index (κ1) is 25.0. The third-order valence-corrected chi connectivity index (χ3v) is 7.61. The zero-order chi connectivity index (χ0) is 25.9. The van der Waals surface area contributed by atoms with Crippen LogP contribution in [0.5, 0.6) is 11.5 Å². The molecule has 0 aromatic heterocycles. The van der Waals surface area contributed by atoms with Crippen molar-refractivity contribution < 1.29 is 23.9 Å². The first-order valence-corrected chi connectivity index (χ1v) is 13.1. The van der Waals surface area contributed by atoms with Crippen molar-refractivity contribution in [3.8, 4) is 11.5 Å². The second-order valence-corrected chi connectivity index (χ2v) is 10.1. The van der Waals surface area contributed by atoms with Gasteiger partial charge in [0.15, 0.2) is 11.5 Å². The molecular weight excluding hydrogens is 536 g/mol. The quantitative estimate of drug-likeness (QED) is 0.295. The van der Waals surface area contributed by atoms with Crippen LogP contribution in [0.4, 0.5) is 4.79 Å². The van der Waals surface area contributed by atoms with Gasteiger partial charge in [-0.15, -0.1) is 0 Å². The van der Waals surface area contributed by atoms with Crippen LogP contribution in [0.15, 0.2) is 64.6 Å². The molecule has 0 atom stereocenters. The molecule has 5 rings (SSSR count). The number of barbiturate groups is 1. The molecule has 3 aromatic rings. The standard InChI is InChI=1S/C29H27BrN2O5/c1-36-25-15-20(14-23-27(33)31-29(35)32(28(23)34)21-11-3-2-4-12-21)24(30)16-26(25)37-17-19-10-7-9-18-8-5-6-13-22(18)19/h5-10,13-16,21H,2-4,11-12,17H2,1H3,(H,31,33,35). The maximum absolute atomic E-state index is 13.3. The van der Waals surface area contributed by atoms with Gasteiger partial charge in [0, 0.05) is 10.5 Å². The molecule has 0 radical (unpaired) electrons. The van der Waals surface area contributed by atoms with Crippen LogP contribution in [-0.2, 0) is 16.2 Å². The predicted molar refractivity (Wildman–Crippen MR) is 144 cm³/mol. The molecule has 2 fully saturated rings. The van der Waals surface area contributed by atoms with Gasteiger partial charge < -0.3 is 9.47 Å². The summed E-state index contributed by atoms with van der Waals surface area (Å²) in [6.45, 7) is 0.337. The third-order valence-electron chi connectivity index (χ3n) is 6.92. The number of methoxy groups -OCH3 is 1. The highest BCUT2D eigenvalue weighted by Gasteiger charge is 2.40. The number of nitrogens with zero attached hydrogens (tertiary/aromatic N) is 1. The summed E-state index contributed by atoms with van der Waals surface area (Å²) < 4.78 is 12.3. The Morgan fingerprint density at radius 2 is 1.76 bits per heavy atom. The molecule has 0 unspecified atom stereocenters. The molecule has 190 valence electrons. The summed E-state index contributed by atoms with van der Waals surface area (Å²) >= 11 is 3.54. The maximum Gasteiger partial charge on any atom is 0.331 e. The Kier molecular flexibility index (Phi) is 7.28. The number of fused-ring (bicyclic) bond motifs is 1. The third kappa shape index (κ3) is 5.11. The number of hydrogen-bond donors (Lipinski definition) is 1. The SMILES string of the molecule is COc1cc(C=C2C(=O)NC(=O)N(C3CCCCC3)C2=O)c(Br)cc1OCc1cccc2ccccc12. The number of urea groups is 1. The van der Waals surface area contributed by atoms with Crippen molar-refractivity contribution >= 4 is 50.6 Å². The summed E-state index contributed by atoms with van der Waals surface area (Å²) in [6.07, 6.45) is 5.99. The van der Waals surface area contributed by atoms with Gasteiger partial charge in [0.1, 0.15) is 12.2 Å². The molecule has 2 aliphatic rings. The molecule has 0 spiro atoms. The van der Waals surface area contributed by atoms with E-state index in [0.29, 0.717) is 28.1 Å². The van der Waals surface area contributed by atoms with Crippen LogP contribution >= 0.6 is 15.9 Å². The number of imide groups is 2. The van der Waals surface area contributed by atoms with Gasteiger partial charge in [0.05, 0.1) is 7.11 Å². The monoisotopic (exact) mass is 562 g/mol. The Balaban J connectivity index is 1.41. The average Bonchev–Trinajstić information content (AvgIpc) is 2.91. The normalized spacial score (nSPS) is 17.8. The van der Waals surface area contributed by atoms with Crippen LogP contribution in [0.25, 0.3) is 16.8 Å². The lowest BCUT2D eigenvalue weighted by Crippen LogP contribution is -2.58. The van der Waals surface area contributed by atoms with Gasteiger partial charge in [-0.1, -0.05) is 77.7 Å². The fraction of sp³-hybridized carbons (Fsp3) is 0.276. The van der Waals surface area contributed by atoms with E-state index in [9.17, 15) is 14.4 Å². The molecule has 1 N–H and O–H groups in total. The highest BCUT2D eigenvalue weighted by atomic mass is 79.9. The van der Waals surface area contributed by atoms with Gasteiger partial charge in [-0.25, -0.2) is 4.79 Å². The minimum atomic E-state index is -0.704. The van der Waals surface area contributed by atoms with Crippen molar-refractivity contribution in [2.24, 2.45) is 0 Å². The molecule has 37 heavy (non-hydrogen) atoms. The zero-order valence-corrected chi connectivity index (χ0v) is 22.0. The summed E-state index contributed by atoms with van der Waals surface area (Å²) in [5.74, 6) is -0.297. The molecule has 1 aliphatic carbocycles. The van der Waals surface area contributed by atoms with Crippen molar-refractivity contribution in [3.05, 3.63) is 75.8 Å². The van der Waals surface area contributed by atoms with Gasteiger partial charge >= 0.3 is 6.03 Å².